The van der Waals surface area contributed by atoms with E-state index in [4.69, 9.17) is 9.47 Å². The molecule has 12 nitrogen and oxygen atoms in total. The number of carbonyl (C=O) groups is 5. The molecule has 0 aliphatic carbocycles. The number of aryl methyl sites for hydroxylation is 1. The zero-order valence-corrected chi connectivity index (χ0v) is 31.3. The summed E-state index contributed by atoms with van der Waals surface area (Å²) < 4.78 is 10.8. The number of hydrogen-bond acceptors (Lipinski definition) is 8. The van der Waals surface area contributed by atoms with Crippen LogP contribution in [0.1, 0.15) is 65.0 Å². The highest BCUT2D eigenvalue weighted by atomic mass is 16.6. The minimum atomic E-state index is -1.03. The highest BCUT2D eigenvalue weighted by molar-refractivity contribution is 5.98. The van der Waals surface area contributed by atoms with Crippen molar-refractivity contribution in [1.82, 2.24) is 26.2 Å². The average Bonchev–Trinajstić information content (AvgIpc) is 3.87. The molecule has 4 amide bonds. The lowest BCUT2D eigenvalue weighted by Gasteiger charge is -2.29. The van der Waals surface area contributed by atoms with E-state index in [0.717, 1.165) is 11.1 Å². The summed E-state index contributed by atoms with van der Waals surface area (Å²) in [6.45, 7) is 12.3. The third-order valence-electron chi connectivity index (χ3n) is 9.38. The molecule has 3 unspecified atom stereocenters. The van der Waals surface area contributed by atoms with Gasteiger partial charge in [-0.15, -0.1) is 0 Å². The molecule has 0 saturated carbocycles. The number of amides is 4. The van der Waals surface area contributed by atoms with E-state index < -0.39 is 47.5 Å². The van der Waals surface area contributed by atoms with Crippen LogP contribution in [0.25, 0.3) is 0 Å². The molecule has 4 N–H and O–H groups in total. The van der Waals surface area contributed by atoms with E-state index in [2.05, 4.69) is 21.3 Å². The summed E-state index contributed by atoms with van der Waals surface area (Å²) >= 11 is 0. The fourth-order valence-electron chi connectivity index (χ4n) is 6.33. The molecule has 2 heterocycles. The summed E-state index contributed by atoms with van der Waals surface area (Å²) in [5.74, 6) is -1.83. The Hall–Kier alpha value is -4.13. The molecule has 0 aromatic heterocycles. The van der Waals surface area contributed by atoms with Crippen LogP contribution >= 0.6 is 0 Å². The molecule has 2 fully saturated rings. The number of nitrogens with one attached hydrogen (secondary N) is 4. The molecule has 4 rings (SSSR count). The summed E-state index contributed by atoms with van der Waals surface area (Å²) in [7, 11) is 0. The van der Waals surface area contributed by atoms with Crippen LogP contribution in [0.5, 0.6) is 0 Å². The van der Waals surface area contributed by atoms with Crippen molar-refractivity contribution in [1.29, 1.82) is 0 Å². The van der Waals surface area contributed by atoms with Gasteiger partial charge < -0.3 is 30.7 Å². The fraction of sp³-hybridized carbons (Fsp3) is 0.575. The van der Waals surface area contributed by atoms with E-state index in [9.17, 15) is 24.0 Å². The summed E-state index contributed by atoms with van der Waals surface area (Å²) in [5, 5.41) is 11.7. The van der Waals surface area contributed by atoms with E-state index in [-0.39, 0.29) is 36.5 Å². The second kappa shape index (κ2) is 19.6. The summed E-state index contributed by atoms with van der Waals surface area (Å²) in [4.78, 5) is 70.5. The number of ketones is 1. The van der Waals surface area contributed by atoms with Crippen molar-refractivity contribution in [2.45, 2.75) is 96.5 Å². The van der Waals surface area contributed by atoms with Gasteiger partial charge in [0.25, 0.3) is 0 Å². The average molecular weight is 720 g/mol. The molecule has 2 aromatic rings. The molecule has 0 spiro atoms. The van der Waals surface area contributed by atoms with Crippen LogP contribution in [0.15, 0.2) is 60.7 Å². The standard InChI is InChI=1S/C40H57N5O7/c1-27(2)22-32(36(47)40(5)26-52-40)42-39(50)34(24-30-14-10-7-11-15-30)44-38(49)33(23-28(3)4)43-37(48)31(17-16-29-12-8-6-9-13-29)41-35(46)25-45-18-20-51-21-19-45/h6-15,27-28,31-34H,16-26H2,1-5H3,(H,41,46)(H,42,50)(H,43,48)(H,44,49)/t31-,32?,33?,34?,40+/m0/s1. The minimum Gasteiger partial charge on any atom is -0.379 e. The number of epoxide rings is 1. The van der Waals surface area contributed by atoms with Crippen LogP contribution < -0.4 is 21.3 Å². The van der Waals surface area contributed by atoms with E-state index in [0.29, 0.717) is 58.6 Å². The molecule has 2 aromatic carbocycles. The predicted molar refractivity (Wildman–Crippen MR) is 198 cm³/mol. The molecular formula is C40H57N5O7. The van der Waals surface area contributed by atoms with Gasteiger partial charge in [0.15, 0.2) is 5.78 Å². The van der Waals surface area contributed by atoms with Gasteiger partial charge in [0.05, 0.1) is 32.4 Å². The zero-order valence-electron chi connectivity index (χ0n) is 31.3. The van der Waals surface area contributed by atoms with Gasteiger partial charge in [-0.25, -0.2) is 0 Å². The number of ether oxygens (including phenoxy) is 2. The molecule has 0 bridgehead atoms. The van der Waals surface area contributed by atoms with Crippen molar-refractivity contribution in [3.8, 4) is 0 Å². The van der Waals surface area contributed by atoms with E-state index in [1.807, 2.05) is 93.3 Å². The first-order valence-corrected chi connectivity index (χ1v) is 18.6. The largest absolute Gasteiger partial charge is 0.379 e. The van der Waals surface area contributed by atoms with Gasteiger partial charge in [-0.05, 0) is 55.6 Å². The second-order valence-electron chi connectivity index (χ2n) is 15.0. The lowest BCUT2D eigenvalue weighted by Crippen LogP contribution is -2.59. The van der Waals surface area contributed by atoms with E-state index in [1.54, 1.807) is 6.92 Å². The molecule has 0 radical (unpaired) electrons. The van der Waals surface area contributed by atoms with Crippen molar-refractivity contribution in [3.05, 3.63) is 71.8 Å². The van der Waals surface area contributed by atoms with Crippen LogP contribution in [0.4, 0.5) is 0 Å². The lowest BCUT2D eigenvalue weighted by atomic mass is 9.93. The van der Waals surface area contributed by atoms with Crippen molar-refractivity contribution in [3.63, 3.8) is 0 Å². The number of Topliss-reactive ketones (excluding diaryl/α,β-unsaturated/α-hetero) is 1. The number of rotatable bonds is 20. The molecule has 5 atom stereocenters. The van der Waals surface area contributed by atoms with Crippen molar-refractivity contribution >= 4 is 29.4 Å². The SMILES string of the molecule is CC(C)CC(NC(=O)[C@H](CCc1ccccc1)NC(=O)CN1CCOCC1)C(=O)NC(Cc1ccccc1)C(=O)NC(CC(C)C)C(=O)[C@@]1(C)CO1. The Morgan fingerprint density at radius 2 is 1.19 bits per heavy atom. The highest BCUT2D eigenvalue weighted by Crippen LogP contribution is 2.29. The molecule has 284 valence electrons. The van der Waals surface area contributed by atoms with Crippen LogP contribution in [0, 0.1) is 11.8 Å². The summed E-state index contributed by atoms with van der Waals surface area (Å²) in [6.07, 6.45) is 1.76. The van der Waals surface area contributed by atoms with E-state index >= 15 is 0 Å². The quantitative estimate of drug-likeness (QED) is 0.152. The molecule has 52 heavy (non-hydrogen) atoms. The second-order valence-corrected chi connectivity index (χ2v) is 15.0. The number of carbonyl (C=O) groups excluding carboxylic acids is 5. The Kier molecular flexibility index (Phi) is 15.3. The van der Waals surface area contributed by atoms with Crippen LogP contribution in [0.3, 0.4) is 0 Å². The minimum absolute atomic E-state index is 0.0171. The Balaban J connectivity index is 1.51. The normalized spacial score (nSPS) is 19.6. The van der Waals surface area contributed by atoms with Gasteiger partial charge in [0.2, 0.25) is 23.6 Å². The maximum absolute atomic E-state index is 14.1. The molecule has 12 heteroatoms. The Morgan fingerprint density at radius 3 is 1.77 bits per heavy atom. The highest BCUT2D eigenvalue weighted by Gasteiger charge is 2.50. The summed E-state index contributed by atoms with van der Waals surface area (Å²) in [5.41, 5.74) is 0.915. The lowest BCUT2D eigenvalue weighted by molar-refractivity contribution is -0.135. The Bertz CT molecular complexity index is 1480. The van der Waals surface area contributed by atoms with Gasteiger partial charge in [-0.1, -0.05) is 88.4 Å². The van der Waals surface area contributed by atoms with Crippen molar-refractivity contribution in [2.24, 2.45) is 11.8 Å². The number of benzene rings is 2. The Labute approximate surface area is 308 Å². The number of morpholine rings is 1. The van der Waals surface area contributed by atoms with Crippen LogP contribution in [0.2, 0.25) is 0 Å². The predicted octanol–water partition coefficient (Wildman–Crippen LogP) is 2.58. The maximum Gasteiger partial charge on any atom is 0.243 e. The first-order valence-electron chi connectivity index (χ1n) is 18.6. The first-order chi connectivity index (χ1) is 24.8. The fourth-order valence-corrected chi connectivity index (χ4v) is 6.33. The first kappa shape index (κ1) is 40.6. The number of nitrogens with zero attached hydrogens (tertiary/aromatic N) is 1. The van der Waals surface area contributed by atoms with Gasteiger partial charge in [-0.3, -0.25) is 28.9 Å². The smallest absolute Gasteiger partial charge is 0.243 e. The monoisotopic (exact) mass is 719 g/mol. The zero-order chi connectivity index (χ0) is 37.7. The topological polar surface area (TPSA) is 158 Å². The van der Waals surface area contributed by atoms with Crippen molar-refractivity contribution in [2.75, 3.05) is 39.5 Å². The third kappa shape index (κ3) is 13.1. The molecule has 2 aliphatic rings. The van der Waals surface area contributed by atoms with Gasteiger partial charge in [0, 0.05) is 19.5 Å². The third-order valence-corrected chi connectivity index (χ3v) is 9.38. The van der Waals surface area contributed by atoms with Crippen LogP contribution in [-0.2, 0) is 46.3 Å². The van der Waals surface area contributed by atoms with Gasteiger partial charge >= 0.3 is 0 Å². The van der Waals surface area contributed by atoms with Crippen LogP contribution in [-0.4, -0.2) is 104 Å². The van der Waals surface area contributed by atoms with Gasteiger partial charge in [-0.2, -0.15) is 0 Å². The van der Waals surface area contributed by atoms with Gasteiger partial charge in [0.1, 0.15) is 23.7 Å². The van der Waals surface area contributed by atoms with E-state index in [1.165, 1.54) is 0 Å². The number of hydrogen-bond donors (Lipinski definition) is 4. The molecular weight excluding hydrogens is 662 g/mol. The Morgan fingerprint density at radius 1 is 0.692 bits per heavy atom. The van der Waals surface area contributed by atoms with Crippen molar-refractivity contribution < 1.29 is 33.4 Å². The molecule has 2 aliphatic heterocycles. The maximum atomic E-state index is 14.1. The summed E-state index contributed by atoms with van der Waals surface area (Å²) in [6, 6.07) is 15.3. The molecule has 2 saturated heterocycles.